The lowest BCUT2D eigenvalue weighted by Crippen LogP contribution is -2.32. The van der Waals surface area contributed by atoms with Crippen molar-refractivity contribution in [3.05, 3.63) is 0 Å². The van der Waals surface area contributed by atoms with Crippen molar-refractivity contribution in [1.29, 1.82) is 0 Å². The summed E-state index contributed by atoms with van der Waals surface area (Å²) in [4.78, 5) is 28.7. The summed E-state index contributed by atoms with van der Waals surface area (Å²) in [5.74, 6) is -3.69. The molecular weight excluding hydrogens is 198 g/mol. The summed E-state index contributed by atoms with van der Waals surface area (Å²) in [7, 11) is 0. The quantitative estimate of drug-likeness (QED) is 0.353. The summed E-state index contributed by atoms with van der Waals surface area (Å²) >= 11 is 0. The molecule has 82 valence electrons. The summed E-state index contributed by atoms with van der Waals surface area (Å²) < 4.78 is 0. The molecule has 6 N–H and O–H groups in total. The van der Waals surface area contributed by atoms with Crippen LogP contribution in [0.3, 0.4) is 0 Å². The van der Waals surface area contributed by atoms with Gasteiger partial charge in [0.2, 0.25) is 0 Å². The highest BCUT2D eigenvalue weighted by molar-refractivity contribution is 5.80. The van der Waals surface area contributed by atoms with Crippen LogP contribution in [0.5, 0.6) is 0 Å². The molecule has 0 aromatic carbocycles. The number of nitrogens with two attached hydrogens (primary N) is 1. The topological polar surface area (TPSA) is 158 Å². The van der Waals surface area contributed by atoms with Gasteiger partial charge in [-0.25, -0.2) is 4.79 Å². The minimum absolute atomic E-state index is 0.532. The molecule has 0 bridgehead atoms. The van der Waals surface area contributed by atoms with E-state index in [0.717, 1.165) is 0 Å². The van der Waals surface area contributed by atoms with Gasteiger partial charge in [-0.2, -0.15) is 0 Å². The normalized spacial score (nSPS) is 10.7. The third-order valence-electron chi connectivity index (χ3n) is 0.847. The van der Waals surface area contributed by atoms with Gasteiger partial charge in [-0.3, -0.25) is 9.59 Å². The van der Waals surface area contributed by atoms with E-state index in [9.17, 15) is 9.59 Å². The van der Waals surface area contributed by atoms with E-state index in [1.54, 1.807) is 0 Å². The first-order chi connectivity index (χ1) is 6.31. The molecule has 14 heavy (non-hydrogen) atoms. The van der Waals surface area contributed by atoms with Crippen LogP contribution in [-0.2, 0) is 14.4 Å². The molecule has 1 atom stereocenters. The number of aliphatic carboxylic acids is 3. The fraction of sp³-hybridized carbons (Fsp3) is 0.500. The Hall–Kier alpha value is -1.67. The SMILES string of the molecule is N[C@@H](CC(=O)O)C(=O)O.O=C(O)CO. The van der Waals surface area contributed by atoms with Crippen molar-refractivity contribution in [1.82, 2.24) is 0 Å². The minimum atomic E-state index is -1.29. The second-order valence-corrected chi connectivity index (χ2v) is 2.09. The van der Waals surface area contributed by atoms with E-state index < -0.39 is 37.0 Å². The Morgan fingerprint density at radius 3 is 1.50 bits per heavy atom. The zero-order valence-electron chi connectivity index (χ0n) is 7.08. The summed E-state index contributed by atoms with van der Waals surface area (Å²) in [6, 6.07) is -1.29. The Balaban J connectivity index is 0. The van der Waals surface area contributed by atoms with E-state index in [2.05, 4.69) is 0 Å². The summed E-state index contributed by atoms with van der Waals surface area (Å²) in [5.41, 5.74) is 4.84. The van der Waals surface area contributed by atoms with E-state index in [1.165, 1.54) is 0 Å². The highest BCUT2D eigenvalue weighted by Crippen LogP contribution is 1.86. The molecule has 0 amide bonds. The van der Waals surface area contributed by atoms with Gasteiger partial charge in [-0.1, -0.05) is 0 Å². The van der Waals surface area contributed by atoms with Crippen LogP contribution in [0.15, 0.2) is 0 Å². The van der Waals surface area contributed by atoms with Crippen molar-refractivity contribution < 1.29 is 34.8 Å². The fourth-order valence-electron chi connectivity index (χ4n) is 0.275. The maximum atomic E-state index is 9.85. The van der Waals surface area contributed by atoms with E-state index in [4.69, 9.17) is 31.0 Å². The molecule has 0 rings (SSSR count). The van der Waals surface area contributed by atoms with Crippen molar-refractivity contribution in [3.63, 3.8) is 0 Å². The Labute approximate surface area is 78.6 Å². The molecule has 0 spiro atoms. The van der Waals surface area contributed by atoms with Gasteiger partial charge in [0.25, 0.3) is 0 Å². The lowest BCUT2D eigenvalue weighted by molar-refractivity contribution is -0.144. The molecule has 0 heterocycles. The smallest absolute Gasteiger partial charge is 0.329 e. The van der Waals surface area contributed by atoms with Crippen LogP contribution < -0.4 is 5.73 Å². The number of hydrogen-bond donors (Lipinski definition) is 5. The first kappa shape index (κ1) is 14.8. The van der Waals surface area contributed by atoms with Crippen LogP contribution in [0.2, 0.25) is 0 Å². The lowest BCUT2D eigenvalue weighted by Gasteiger charge is -1.99. The second-order valence-electron chi connectivity index (χ2n) is 2.09. The molecule has 0 saturated carbocycles. The monoisotopic (exact) mass is 209 g/mol. The average Bonchev–Trinajstić information content (AvgIpc) is 2.04. The first-order valence-electron chi connectivity index (χ1n) is 3.34. The summed E-state index contributed by atoms with van der Waals surface area (Å²) in [6.07, 6.45) is -0.532. The molecule has 8 nitrogen and oxygen atoms in total. The molecule has 0 unspecified atom stereocenters. The Bertz CT molecular complexity index is 214. The van der Waals surface area contributed by atoms with E-state index in [1.807, 2.05) is 0 Å². The van der Waals surface area contributed by atoms with E-state index >= 15 is 0 Å². The van der Waals surface area contributed by atoms with Crippen molar-refractivity contribution in [2.24, 2.45) is 5.73 Å². The molecule has 0 aliphatic rings. The molecule has 0 aliphatic carbocycles. The zero-order chi connectivity index (χ0) is 11.7. The number of aliphatic hydroxyl groups excluding tert-OH is 1. The van der Waals surface area contributed by atoms with Gasteiger partial charge in [-0.15, -0.1) is 0 Å². The largest absolute Gasteiger partial charge is 0.481 e. The minimum Gasteiger partial charge on any atom is -0.481 e. The van der Waals surface area contributed by atoms with E-state index in [0.29, 0.717) is 0 Å². The van der Waals surface area contributed by atoms with Crippen LogP contribution in [0.1, 0.15) is 6.42 Å². The van der Waals surface area contributed by atoms with Gasteiger partial charge < -0.3 is 26.2 Å². The van der Waals surface area contributed by atoms with Crippen molar-refractivity contribution in [2.75, 3.05) is 6.61 Å². The van der Waals surface area contributed by atoms with E-state index in [-0.39, 0.29) is 0 Å². The Morgan fingerprint density at radius 2 is 1.43 bits per heavy atom. The highest BCUT2D eigenvalue weighted by Gasteiger charge is 2.14. The molecule has 0 aliphatic heterocycles. The maximum absolute atomic E-state index is 9.85. The molecule has 0 aromatic rings. The zero-order valence-corrected chi connectivity index (χ0v) is 7.08. The van der Waals surface area contributed by atoms with Crippen molar-refractivity contribution in [2.45, 2.75) is 12.5 Å². The van der Waals surface area contributed by atoms with Gasteiger partial charge in [0.1, 0.15) is 12.6 Å². The summed E-state index contributed by atoms with van der Waals surface area (Å²) in [6.45, 7) is -0.778. The number of carboxylic acids is 3. The summed E-state index contributed by atoms with van der Waals surface area (Å²) in [5, 5.41) is 31.0. The van der Waals surface area contributed by atoms with Gasteiger partial charge in [0.05, 0.1) is 6.42 Å². The predicted octanol–water partition coefficient (Wildman–Crippen LogP) is -2.06. The lowest BCUT2D eigenvalue weighted by atomic mass is 10.2. The standard InChI is InChI=1S/C4H7NO4.C2H4O3/c5-2(4(8)9)1-3(6)7;3-1-2(4)5/h2H,1,5H2,(H,6,7)(H,8,9);3H,1H2,(H,4,5)/t2-;/m0./s1. The Morgan fingerprint density at radius 1 is 1.07 bits per heavy atom. The number of carboxylic acid groups (broad SMARTS) is 3. The first-order valence-corrected chi connectivity index (χ1v) is 3.34. The molecule has 0 radical (unpaired) electrons. The van der Waals surface area contributed by atoms with Gasteiger partial charge in [0, 0.05) is 0 Å². The predicted molar refractivity (Wildman–Crippen MR) is 42.6 cm³/mol. The Kier molecular flexibility index (Phi) is 8.43. The van der Waals surface area contributed by atoms with Crippen LogP contribution in [0, 0.1) is 0 Å². The third kappa shape index (κ3) is 13.0. The van der Waals surface area contributed by atoms with Crippen LogP contribution in [0.4, 0.5) is 0 Å². The van der Waals surface area contributed by atoms with Gasteiger partial charge in [-0.05, 0) is 0 Å². The number of hydrogen-bond acceptors (Lipinski definition) is 5. The molecule has 0 fully saturated rings. The van der Waals surface area contributed by atoms with Crippen LogP contribution in [0.25, 0.3) is 0 Å². The van der Waals surface area contributed by atoms with Crippen molar-refractivity contribution in [3.8, 4) is 0 Å². The molecule has 0 saturated heterocycles. The third-order valence-corrected chi connectivity index (χ3v) is 0.847. The number of aliphatic hydroxyl groups is 1. The molecule has 8 heteroatoms. The fourth-order valence-corrected chi connectivity index (χ4v) is 0.275. The highest BCUT2D eigenvalue weighted by atomic mass is 16.4. The van der Waals surface area contributed by atoms with Crippen molar-refractivity contribution >= 4 is 17.9 Å². The van der Waals surface area contributed by atoms with Crippen LogP contribution in [-0.4, -0.2) is 51.0 Å². The molecule has 0 aromatic heterocycles. The van der Waals surface area contributed by atoms with Gasteiger partial charge >= 0.3 is 17.9 Å². The molecular formula is C6H11NO7. The maximum Gasteiger partial charge on any atom is 0.329 e. The van der Waals surface area contributed by atoms with Crippen LogP contribution >= 0.6 is 0 Å². The van der Waals surface area contributed by atoms with Gasteiger partial charge in [0.15, 0.2) is 0 Å². The number of carbonyl (C=O) groups is 3. The second kappa shape index (κ2) is 7.95. The average molecular weight is 209 g/mol. The number of rotatable bonds is 4.